The van der Waals surface area contributed by atoms with Gasteiger partial charge in [0.05, 0.1) is 25.9 Å². The highest BCUT2D eigenvalue weighted by Gasteiger charge is 2.67. The number of hydrogen-bond acceptors (Lipinski definition) is 15. The predicted octanol–water partition coefficient (Wildman–Crippen LogP) is 14.5. The molecule has 8 atom stereocenters. The van der Waals surface area contributed by atoms with Crippen molar-refractivity contribution < 1.29 is 41.4 Å². The number of carbonyl (C=O) groups excluding carboxylic acids is 1. The molecular formula is C71H84Cl2F2N8O7S2Si2. The van der Waals surface area contributed by atoms with Crippen LogP contribution >= 0.6 is 46.7 Å². The van der Waals surface area contributed by atoms with Crippen LogP contribution in [0.3, 0.4) is 0 Å². The Morgan fingerprint density at radius 1 is 0.532 bits per heavy atom. The smallest absolute Gasteiger partial charge is 0.424 e. The summed E-state index contributed by atoms with van der Waals surface area (Å²) in [5.74, 6) is 0. The molecule has 94 heavy (non-hydrogen) atoms. The van der Waals surface area contributed by atoms with Crippen molar-refractivity contribution in [3.8, 4) is 0 Å². The first-order valence-corrected chi connectivity index (χ1v) is 37.9. The lowest BCUT2D eigenvalue weighted by molar-refractivity contribution is -0.194. The van der Waals surface area contributed by atoms with Crippen molar-refractivity contribution in [2.75, 3.05) is 13.2 Å². The lowest BCUT2D eigenvalue weighted by atomic mass is 9.73. The summed E-state index contributed by atoms with van der Waals surface area (Å²) in [7, 11) is -4.30. The molecule has 0 bridgehead atoms. The molecule has 2 aliphatic carbocycles. The molecule has 6 heterocycles. The van der Waals surface area contributed by atoms with Gasteiger partial charge in [-0.3, -0.25) is 9.13 Å². The van der Waals surface area contributed by atoms with Crippen LogP contribution in [-0.4, -0.2) is 123 Å². The third-order valence-electron chi connectivity index (χ3n) is 19.1. The van der Waals surface area contributed by atoms with Crippen LogP contribution in [0.15, 0.2) is 132 Å². The molecule has 8 aromatic rings. The number of nitrogens with zero attached hydrogens (tertiary/aromatic N) is 8. The van der Waals surface area contributed by atoms with E-state index in [1.165, 1.54) is 21.8 Å². The zero-order valence-electron chi connectivity index (χ0n) is 55.5. The van der Waals surface area contributed by atoms with Gasteiger partial charge in [-0.2, -0.15) is 9.97 Å². The minimum absolute atomic E-state index is 0.0418. The highest BCUT2D eigenvalue weighted by molar-refractivity contribution is 8.00. The molecule has 15 nitrogen and oxygen atoms in total. The van der Waals surface area contributed by atoms with Crippen LogP contribution in [0, 0.1) is 10.8 Å². The van der Waals surface area contributed by atoms with Crippen LogP contribution in [0.25, 0.3) is 22.3 Å². The number of rotatable bonds is 18. The van der Waals surface area contributed by atoms with E-state index >= 15 is 13.6 Å². The molecule has 4 aliphatic rings. The summed E-state index contributed by atoms with van der Waals surface area (Å²) in [5, 5.41) is 5.38. The van der Waals surface area contributed by atoms with Crippen LogP contribution in [-0.2, 0) is 38.6 Å². The van der Waals surface area contributed by atoms with Gasteiger partial charge in [-0.25, -0.2) is 33.5 Å². The molecule has 2 saturated heterocycles. The second kappa shape index (κ2) is 27.2. The lowest BCUT2D eigenvalue weighted by Crippen LogP contribution is -2.61. The molecule has 0 N–H and O–H groups in total. The number of alkyl halides is 2. The second-order valence-corrected chi connectivity index (χ2v) is 36.9. The van der Waals surface area contributed by atoms with Gasteiger partial charge in [0.1, 0.15) is 32.3 Å². The van der Waals surface area contributed by atoms with Crippen molar-refractivity contribution in [1.82, 2.24) is 39.0 Å². The molecule has 12 rings (SSSR count). The van der Waals surface area contributed by atoms with Gasteiger partial charge < -0.3 is 27.8 Å². The topological polar surface area (TPSA) is 160 Å². The monoisotopic (exact) mass is 1390 g/mol. The summed E-state index contributed by atoms with van der Waals surface area (Å²) in [6.45, 7) is 23.8. The van der Waals surface area contributed by atoms with Crippen LogP contribution in [0.1, 0.15) is 158 Å². The fraction of sp³-hybridized carbons (Fsp3) is 0.507. The van der Waals surface area contributed by atoms with Crippen molar-refractivity contribution in [2.45, 2.75) is 214 Å². The molecule has 498 valence electrons. The van der Waals surface area contributed by atoms with Crippen LogP contribution in [0.4, 0.5) is 13.6 Å². The number of ether oxygens (including phenoxy) is 4. The predicted molar refractivity (Wildman–Crippen MR) is 372 cm³/mol. The zero-order chi connectivity index (χ0) is 66.7. The van der Waals surface area contributed by atoms with Gasteiger partial charge in [0.15, 0.2) is 48.3 Å². The fourth-order valence-electron chi connectivity index (χ4n) is 13.4. The number of thioether (sulfide) groups is 2. The van der Waals surface area contributed by atoms with E-state index in [0.717, 1.165) is 83.2 Å². The molecule has 2 saturated carbocycles. The van der Waals surface area contributed by atoms with Crippen LogP contribution in [0.2, 0.25) is 10.6 Å². The average molecular weight is 1390 g/mol. The van der Waals surface area contributed by atoms with Gasteiger partial charge in [0.25, 0.3) is 18.1 Å². The summed E-state index contributed by atoms with van der Waals surface area (Å²) in [6, 6.07) is 36.6. The Balaban J connectivity index is 0.952. The third-order valence-corrected chi connectivity index (χ3v) is 26.3. The van der Waals surface area contributed by atoms with Gasteiger partial charge in [0, 0.05) is 10.5 Å². The minimum atomic E-state index is -2.15. The maximum absolute atomic E-state index is 18.9. The molecule has 4 fully saturated rings. The van der Waals surface area contributed by atoms with Crippen molar-refractivity contribution in [1.29, 1.82) is 0 Å². The first-order valence-electron chi connectivity index (χ1n) is 32.6. The standard InChI is InChI=1S/C71H84Cl2F2N8O7S2Si2/c1-66(2,3)43-31-35-49(36-32-43)93(47-27-15-13-16-28-47)85-39-70(68(7,8)9)55(51(74)61(89-70)82-41-76-53-57(82)78-63(72)80-59(53)91-45-23-19-20-24-45)87-65(84)88-56-52(75)62(83-42-77-54-58(83)79-64(73)81-60(54)92-46-25-21-22-26-46)90-71(56,69(10,11)12)40-86-94(48-29-17-14-18-30-48)50-37-33-44(34-38-50)67(4,5)6/h13-18,27-38,41-42,45-46,51-52,55-56,61-62H,19-26,39-40H2,1-12H3/t51-,52-,55-,56-,61+,62+,70+,71+/m0/s1. The first-order chi connectivity index (χ1) is 44.6. The fourth-order valence-corrected chi connectivity index (χ4v) is 20.4. The van der Waals surface area contributed by atoms with Crippen molar-refractivity contribution in [2.24, 2.45) is 10.8 Å². The zero-order valence-corrected chi connectivity index (χ0v) is 60.6. The summed E-state index contributed by atoms with van der Waals surface area (Å²) in [5.41, 5.74) is -2.35. The molecule has 23 heteroatoms. The number of aromatic nitrogens is 8. The maximum atomic E-state index is 18.9. The van der Waals surface area contributed by atoms with E-state index in [2.05, 4.69) is 110 Å². The quantitative estimate of drug-likeness (QED) is 0.0345. The van der Waals surface area contributed by atoms with Gasteiger partial charge in [-0.05, 0) is 102 Å². The average Bonchev–Trinajstić information content (AvgIpc) is 1.56. The highest BCUT2D eigenvalue weighted by Crippen LogP contribution is 2.54. The minimum Gasteiger partial charge on any atom is -0.424 e. The molecule has 2 aliphatic heterocycles. The molecule has 0 amide bonds. The summed E-state index contributed by atoms with van der Waals surface area (Å²) >= 11 is 16.7. The Morgan fingerprint density at radius 2 is 0.872 bits per heavy atom. The number of fused-ring (bicyclic) bond motifs is 2. The molecule has 4 aromatic carbocycles. The number of carbonyl (C=O) groups is 1. The Bertz CT molecular complexity index is 3710. The molecular weight excluding hydrogens is 1310 g/mol. The lowest BCUT2D eigenvalue weighted by Gasteiger charge is -2.45. The first kappa shape index (κ1) is 68.6. The van der Waals surface area contributed by atoms with Gasteiger partial charge in [0.2, 0.25) is 10.6 Å². The van der Waals surface area contributed by atoms with Crippen molar-refractivity contribution in [3.05, 3.63) is 144 Å². The number of hydrogen-bond donors (Lipinski definition) is 0. The molecule has 2 radical (unpaired) electrons. The van der Waals surface area contributed by atoms with E-state index in [1.807, 2.05) is 102 Å². The Morgan fingerprint density at radius 3 is 1.20 bits per heavy atom. The summed E-state index contributed by atoms with van der Waals surface area (Å²) < 4.78 is 83.2. The van der Waals surface area contributed by atoms with Crippen LogP contribution < -0.4 is 20.7 Å². The van der Waals surface area contributed by atoms with E-state index in [1.54, 1.807) is 23.5 Å². The Hall–Kier alpha value is -5.34. The largest absolute Gasteiger partial charge is 0.509 e. The van der Waals surface area contributed by atoms with Crippen molar-refractivity contribution >= 4 is 114 Å². The summed E-state index contributed by atoms with van der Waals surface area (Å²) in [4.78, 5) is 43.8. The normalized spacial score (nSPS) is 24.2. The Labute approximate surface area is 572 Å². The molecule has 0 spiro atoms. The van der Waals surface area contributed by atoms with Crippen LogP contribution in [0.5, 0.6) is 0 Å². The summed E-state index contributed by atoms with van der Waals surface area (Å²) in [6.07, 6.45) is -0.874. The Kier molecular flexibility index (Phi) is 19.8. The highest BCUT2D eigenvalue weighted by atomic mass is 35.5. The third kappa shape index (κ3) is 13.8. The SMILES string of the molecule is CC(C)(C)c1ccc([Si](OC[C@@]2(C(C)(C)C)O[C@@H](n3cnc4c(SC5CCCC5)nc(Cl)nc43)[C@@H](F)[C@@H]2OC(=O)O[C@H]2[C@H](F)[C@H](n3cnc4c(SC5CCCC5)nc(Cl)nc43)O[C@@]2(CO[Si](c2ccccc2)c2ccc(C(C)(C)C)cc2)C(C)(C)C)c2ccccc2)cc1. The van der Waals surface area contributed by atoms with Gasteiger partial charge >= 0.3 is 6.16 Å². The van der Waals surface area contributed by atoms with E-state index in [9.17, 15) is 0 Å². The van der Waals surface area contributed by atoms with E-state index in [-0.39, 0.29) is 45.9 Å². The number of imidazole rings is 2. The second-order valence-electron chi connectivity index (χ2n) is 29.4. The molecule has 4 aromatic heterocycles. The van der Waals surface area contributed by atoms with E-state index < -0.39 is 83.3 Å². The van der Waals surface area contributed by atoms with E-state index in [0.29, 0.717) is 31.6 Å². The van der Waals surface area contributed by atoms with E-state index in [4.69, 9.17) is 61.0 Å². The van der Waals surface area contributed by atoms with Crippen molar-refractivity contribution in [3.63, 3.8) is 0 Å². The van der Waals surface area contributed by atoms with Gasteiger partial charge in [-0.15, -0.1) is 23.5 Å². The molecule has 0 unspecified atom stereocenters. The number of benzene rings is 4. The van der Waals surface area contributed by atoms with Gasteiger partial charge in [-0.1, -0.05) is 218 Å². The number of halogens is 4. The maximum Gasteiger partial charge on any atom is 0.509 e.